The Labute approximate surface area is 62.4 Å². The van der Waals surface area contributed by atoms with Gasteiger partial charge in [0.15, 0.2) is 0 Å². The zero-order valence-electron chi connectivity index (χ0n) is 6.78. The van der Waals surface area contributed by atoms with E-state index in [0.29, 0.717) is 6.17 Å². The summed E-state index contributed by atoms with van der Waals surface area (Å²) in [4.78, 5) is 0. The van der Waals surface area contributed by atoms with Crippen molar-refractivity contribution >= 4 is 0 Å². The Morgan fingerprint density at radius 1 is 1.70 bits per heavy atom. The van der Waals surface area contributed by atoms with Crippen molar-refractivity contribution in [1.82, 2.24) is 10.6 Å². The van der Waals surface area contributed by atoms with Crippen LogP contribution in [-0.4, -0.2) is 24.8 Å². The van der Waals surface area contributed by atoms with Gasteiger partial charge in [0, 0.05) is 12.1 Å². The second kappa shape index (κ2) is 2.86. The van der Waals surface area contributed by atoms with Crippen LogP contribution in [0.3, 0.4) is 0 Å². The summed E-state index contributed by atoms with van der Waals surface area (Å²) >= 11 is 0. The largest absolute Gasteiger partial charge is 0.329 e. The van der Waals surface area contributed by atoms with Gasteiger partial charge in [0.1, 0.15) is 0 Å². The molecule has 1 rings (SSSR count). The molecule has 3 heteroatoms. The lowest BCUT2D eigenvalue weighted by Crippen LogP contribution is -2.61. The summed E-state index contributed by atoms with van der Waals surface area (Å²) < 4.78 is 0. The van der Waals surface area contributed by atoms with E-state index in [4.69, 9.17) is 5.73 Å². The highest BCUT2D eigenvalue weighted by Gasteiger charge is 2.27. The van der Waals surface area contributed by atoms with Crippen LogP contribution in [0.2, 0.25) is 0 Å². The van der Waals surface area contributed by atoms with E-state index in [2.05, 4.69) is 24.5 Å². The molecule has 0 aromatic heterocycles. The summed E-state index contributed by atoms with van der Waals surface area (Å²) in [6.45, 7) is 6.08. The lowest BCUT2D eigenvalue weighted by molar-refractivity contribution is 0.228. The normalized spacial score (nSPS) is 41.7. The van der Waals surface area contributed by atoms with Crippen molar-refractivity contribution in [2.45, 2.75) is 32.0 Å². The summed E-state index contributed by atoms with van der Waals surface area (Å²) in [6, 6.07) is 0. The fourth-order valence-electron chi connectivity index (χ4n) is 1.37. The fourth-order valence-corrected chi connectivity index (χ4v) is 1.37. The number of nitrogens with one attached hydrogen (secondary N) is 2. The summed E-state index contributed by atoms with van der Waals surface area (Å²) in [5, 5.41) is 6.71. The zero-order chi connectivity index (χ0) is 7.61. The Balaban J connectivity index is 2.45. The second-order valence-corrected chi connectivity index (χ2v) is 3.33. The van der Waals surface area contributed by atoms with E-state index in [1.54, 1.807) is 0 Å². The summed E-state index contributed by atoms with van der Waals surface area (Å²) in [5.74, 6) is 0. The third-order valence-corrected chi connectivity index (χ3v) is 2.14. The minimum atomic E-state index is 0.157. The predicted molar refractivity (Wildman–Crippen MR) is 42.7 cm³/mol. The molecule has 0 bridgehead atoms. The molecule has 4 N–H and O–H groups in total. The molecule has 60 valence electrons. The molecule has 0 saturated carbocycles. The molecule has 0 aliphatic carbocycles. The molecule has 0 amide bonds. The van der Waals surface area contributed by atoms with Crippen LogP contribution in [0.5, 0.6) is 0 Å². The molecule has 1 heterocycles. The van der Waals surface area contributed by atoms with E-state index in [-0.39, 0.29) is 5.54 Å². The van der Waals surface area contributed by atoms with Gasteiger partial charge < -0.3 is 11.1 Å². The molecule has 1 aliphatic heterocycles. The van der Waals surface area contributed by atoms with Crippen molar-refractivity contribution in [2.24, 2.45) is 5.73 Å². The molecule has 2 atom stereocenters. The number of rotatable bonds is 1. The highest BCUT2D eigenvalue weighted by atomic mass is 15.2. The van der Waals surface area contributed by atoms with Crippen LogP contribution >= 0.6 is 0 Å². The average molecular weight is 143 g/mol. The van der Waals surface area contributed by atoms with Gasteiger partial charge >= 0.3 is 0 Å². The van der Waals surface area contributed by atoms with Crippen LogP contribution in [0.15, 0.2) is 0 Å². The van der Waals surface area contributed by atoms with Gasteiger partial charge in [-0.2, -0.15) is 0 Å². The van der Waals surface area contributed by atoms with Crippen molar-refractivity contribution in [1.29, 1.82) is 0 Å². The van der Waals surface area contributed by atoms with Gasteiger partial charge in [-0.15, -0.1) is 0 Å². The predicted octanol–water partition coefficient (Wildman–Crippen LogP) is -0.367. The molecule has 0 aromatic rings. The number of nitrogens with two attached hydrogens (primary N) is 1. The Morgan fingerprint density at radius 3 is 2.80 bits per heavy atom. The van der Waals surface area contributed by atoms with Crippen molar-refractivity contribution in [3.63, 3.8) is 0 Å². The summed E-state index contributed by atoms with van der Waals surface area (Å²) in [6.07, 6.45) is 1.52. The molecule has 1 fully saturated rings. The molecule has 3 nitrogen and oxygen atoms in total. The van der Waals surface area contributed by atoms with Crippen LogP contribution < -0.4 is 16.4 Å². The van der Waals surface area contributed by atoms with Gasteiger partial charge in [-0.1, -0.05) is 0 Å². The molecule has 1 aliphatic rings. The monoisotopic (exact) mass is 143 g/mol. The van der Waals surface area contributed by atoms with E-state index in [9.17, 15) is 0 Å². The average Bonchev–Trinajstić information content (AvgIpc) is 1.88. The molecular formula is C7H17N3. The van der Waals surface area contributed by atoms with Crippen LogP contribution in [0.25, 0.3) is 0 Å². The highest BCUT2D eigenvalue weighted by Crippen LogP contribution is 2.10. The van der Waals surface area contributed by atoms with Crippen LogP contribution in [-0.2, 0) is 0 Å². The Morgan fingerprint density at radius 2 is 2.40 bits per heavy atom. The molecule has 0 aromatic carbocycles. The van der Waals surface area contributed by atoms with Crippen molar-refractivity contribution in [3.05, 3.63) is 0 Å². The molecule has 0 spiro atoms. The topological polar surface area (TPSA) is 50.1 Å². The van der Waals surface area contributed by atoms with Crippen molar-refractivity contribution in [3.8, 4) is 0 Å². The van der Waals surface area contributed by atoms with Gasteiger partial charge in [0.25, 0.3) is 0 Å². The first kappa shape index (κ1) is 7.98. The quantitative estimate of drug-likeness (QED) is 0.469. The molecule has 2 unspecified atom stereocenters. The fraction of sp³-hybridized carbons (Fsp3) is 1.00. The molecule has 0 radical (unpaired) electrons. The third kappa shape index (κ3) is 1.68. The Kier molecular flexibility index (Phi) is 2.28. The maximum atomic E-state index is 5.61. The first-order chi connectivity index (χ1) is 4.66. The molecule has 10 heavy (non-hydrogen) atoms. The van der Waals surface area contributed by atoms with E-state index >= 15 is 0 Å². The first-order valence-electron chi connectivity index (χ1n) is 3.87. The smallest absolute Gasteiger partial charge is 0.0547 e. The van der Waals surface area contributed by atoms with E-state index in [1.165, 1.54) is 0 Å². The van der Waals surface area contributed by atoms with E-state index < -0.39 is 0 Å². The number of hydrogen-bond acceptors (Lipinski definition) is 3. The Hall–Kier alpha value is -0.120. The van der Waals surface area contributed by atoms with Crippen molar-refractivity contribution < 1.29 is 0 Å². The SMILES string of the molecule is CC1NCCC(C)(CN)N1. The Bertz CT molecular complexity index is 115. The van der Waals surface area contributed by atoms with E-state index in [1.807, 2.05) is 0 Å². The standard InChI is InChI=1S/C7H17N3/c1-6-9-4-3-7(2,5-8)10-6/h6,9-10H,3-5,8H2,1-2H3. The minimum absolute atomic E-state index is 0.157. The third-order valence-electron chi connectivity index (χ3n) is 2.14. The summed E-state index contributed by atoms with van der Waals surface area (Å²) in [5.41, 5.74) is 5.77. The maximum absolute atomic E-state index is 5.61. The van der Waals surface area contributed by atoms with E-state index in [0.717, 1.165) is 19.5 Å². The van der Waals surface area contributed by atoms with Gasteiger partial charge in [-0.3, -0.25) is 5.32 Å². The lowest BCUT2D eigenvalue weighted by Gasteiger charge is -2.38. The van der Waals surface area contributed by atoms with Gasteiger partial charge in [0.2, 0.25) is 0 Å². The van der Waals surface area contributed by atoms with Crippen molar-refractivity contribution in [2.75, 3.05) is 13.1 Å². The van der Waals surface area contributed by atoms with Crippen LogP contribution in [0.4, 0.5) is 0 Å². The molecule has 1 saturated heterocycles. The number of hydrogen-bond donors (Lipinski definition) is 3. The van der Waals surface area contributed by atoms with Crippen LogP contribution in [0, 0.1) is 0 Å². The summed E-state index contributed by atoms with van der Waals surface area (Å²) in [7, 11) is 0. The minimum Gasteiger partial charge on any atom is -0.329 e. The highest BCUT2D eigenvalue weighted by molar-refractivity contribution is 4.90. The van der Waals surface area contributed by atoms with Gasteiger partial charge in [-0.05, 0) is 26.8 Å². The lowest BCUT2D eigenvalue weighted by atomic mass is 9.95. The zero-order valence-corrected chi connectivity index (χ0v) is 6.78. The van der Waals surface area contributed by atoms with Gasteiger partial charge in [0.05, 0.1) is 6.17 Å². The van der Waals surface area contributed by atoms with Gasteiger partial charge in [-0.25, -0.2) is 0 Å². The molecular weight excluding hydrogens is 126 g/mol. The second-order valence-electron chi connectivity index (χ2n) is 3.33. The first-order valence-corrected chi connectivity index (χ1v) is 3.87. The van der Waals surface area contributed by atoms with Crippen LogP contribution in [0.1, 0.15) is 20.3 Å². The maximum Gasteiger partial charge on any atom is 0.0547 e.